The topological polar surface area (TPSA) is 66.2 Å². The summed E-state index contributed by atoms with van der Waals surface area (Å²) in [7, 11) is 2.79. The minimum Gasteiger partial charge on any atom is -0.484 e. The molecule has 4 nitrogen and oxygen atoms in total. The third-order valence-electron chi connectivity index (χ3n) is 0.814. The molecule has 0 spiro atoms. The highest BCUT2D eigenvalue weighted by atomic mass is 16.5. The summed E-state index contributed by atoms with van der Waals surface area (Å²) in [6.45, 7) is 0. The van der Waals surface area contributed by atoms with Crippen LogP contribution in [0.1, 0.15) is 13.8 Å². The van der Waals surface area contributed by atoms with Crippen LogP contribution in [0.3, 0.4) is 0 Å². The number of methoxy groups -OCH3 is 2. The van der Waals surface area contributed by atoms with Crippen LogP contribution in [0.2, 0.25) is 0 Å². The van der Waals surface area contributed by atoms with Crippen LogP contribution in [0.25, 0.3) is 0 Å². The van der Waals surface area contributed by atoms with E-state index in [2.05, 4.69) is 9.47 Å². The first kappa shape index (κ1) is 11.7. The zero-order chi connectivity index (χ0) is 7.28. The Morgan fingerprint density at radius 2 is 1.40 bits per heavy atom. The molecule has 0 radical (unpaired) electrons. The van der Waals surface area contributed by atoms with E-state index in [-0.39, 0.29) is 25.6 Å². The summed E-state index contributed by atoms with van der Waals surface area (Å²) in [5, 5.41) is 13.9. The second kappa shape index (κ2) is 6.07. The largest absolute Gasteiger partial charge is 0.484 e. The first-order valence-electron chi connectivity index (χ1n) is 2.43. The first-order valence-corrected chi connectivity index (χ1v) is 2.43. The minimum absolute atomic E-state index is 0. The van der Waals surface area contributed by atoms with Crippen LogP contribution in [-0.4, -0.2) is 26.0 Å². The molecule has 0 aromatic carbocycles. The predicted octanol–water partition coefficient (Wildman–Crippen LogP) is 1.26. The Bertz CT molecular complexity index is 109. The summed E-state index contributed by atoms with van der Waals surface area (Å²) in [6.07, 6.45) is 0.132. The molecule has 0 amide bonds. The van der Waals surface area contributed by atoms with Gasteiger partial charge in [0.1, 0.15) is 0 Å². The van der Waals surface area contributed by atoms with Gasteiger partial charge in [0.25, 0.3) is 0 Å². The zero-order valence-corrected chi connectivity index (χ0v) is 5.52. The molecule has 0 atom stereocenters. The van der Waals surface area contributed by atoms with Crippen molar-refractivity contribution < 1.29 is 9.47 Å². The third kappa shape index (κ3) is 5.08. The Balaban J connectivity index is 0. The number of ether oxygens (including phenoxy) is 2. The SMILES string of the molecule is C.COC(=N)CC(=N)OC. The number of hydrogen-bond donors (Lipinski definition) is 2. The van der Waals surface area contributed by atoms with Crippen LogP contribution < -0.4 is 0 Å². The lowest BCUT2D eigenvalue weighted by atomic mass is 10.4. The van der Waals surface area contributed by atoms with Crippen LogP contribution >= 0.6 is 0 Å². The van der Waals surface area contributed by atoms with Crippen molar-refractivity contribution >= 4 is 11.8 Å². The molecule has 0 fully saturated rings. The van der Waals surface area contributed by atoms with Gasteiger partial charge >= 0.3 is 0 Å². The van der Waals surface area contributed by atoms with Gasteiger partial charge in [0, 0.05) is 0 Å². The van der Waals surface area contributed by atoms with E-state index >= 15 is 0 Å². The van der Waals surface area contributed by atoms with E-state index in [4.69, 9.17) is 10.8 Å². The van der Waals surface area contributed by atoms with Crippen molar-refractivity contribution in [3.05, 3.63) is 0 Å². The minimum atomic E-state index is 0. The van der Waals surface area contributed by atoms with E-state index in [0.29, 0.717) is 0 Å². The van der Waals surface area contributed by atoms with Crippen molar-refractivity contribution in [1.29, 1.82) is 10.8 Å². The molecule has 0 aromatic rings. The van der Waals surface area contributed by atoms with E-state index in [1.54, 1.807) is 0 Å². The summed E-state index contributed by atoms with van der Waals surface area (Å²) < 4.78 is 8.97. The van der Waals surface area contributed by atoms with Crippen molar-refractivity contribution in [3.8, 4) is 0 Å². The lowest BCUT2D eigenvalue weighted by Gasteiger charge is -2.01. The highest BCUT2D eigenvalue weighted by Crippen LogP contribution is 1.86. The van der Waals surface area contributed by atoms with Gasteiger partial charge < -0.3 is 9.47 Å². The fraction of sp³-hybridized carbons (Fsp3) is 0.667. The van der Waals surface area contributed by atoms with Gasteiger partial charge in [-0.3, -0.25) is 10.8 Å². The molecule has 0 heterocycles. The molecule has 0 aliphatic heterocycles. The van der Waals surface area contributed by atoms with E-state index in [0.717, 1.165) is 0 Å². The number of nitrogens with one attached hydrogen (secondary N) is 2. The van der Waals surface area contributed by atoms with Gasteiger partial charge in [-0.2, -0.15) is 0 Å². The van der Waals surface area contributed by atoms with Crippen LogP contribution in [0, 0.1) is 10.8 Å². The Hall–Kier alpha value is -1.06. The van der Waals surface area contributed by atoms with Gasteiger partial charge in [0.15, 0.2) is 11.8 Å². The van der Waals surface area contributed by atoms with Crippen molar-refractivity contribution in [1.82, 2.24) is 0 Å². The maximum Gasteiger partial charge on any atom is 0.189 e. The molecule has 10 heavy (non-hydrogen) atoms. The maximum atomic E-state index is 6.93. The van der Waals surface area contributed by atoms with Gasteiger partial charge in [0.2, 0.25) is 0 Å². The molecule has 0 aromatic heterocycles. The Labute approximate surface area is 61.2 Å². The predicted molar refractivity (Wildman–Crippen MR) is 40.8 cm³/mol. The molecular formula is C6H14N2O2. The van der Waals surface area contributed by atoms with E-state index in [9.17, 15) is 0 Å². The van der Waals surface area contributed by atoms with Gasteiger partial charge in [-0.05, 0) is 0 Å². The van der Waals surface area contributed by atoms with E-state index < -0.39 is 0 Å². The Morgan fingerprint density at radius 3 is 1.60 bits per heavy atom. The second-order valence-corrected chi connectivity index (χ2v) is 1.43. The molecule has 0 rings (SSSR count). The summed E-state index contributed by atoms with van der Waals surface area (Å²) >= 11 is 0. The number of rotatable bonds is 2. The van der Waals surface area contributed by atoms with Crippen molar-refractivity contribution in [2.24, 2.45) is 0 Å². The fourth-order valence-corrected chi connectivity index (χ4v) is 0.290. The molecule has 60 valence electrons. The van der Waals surface area contributed by atoms with Crippen LogP contribution in [0.5, 0.6) is 0 Å². The van der Waals surface area contributed by atoms with Crippen LogP contribution in [-0.2, 0) is 9.47 Å². The number of hydrogen-bond acceptors (Lipinski definition) is 4. The van der Waals surface area contributed by atoms with Gasteiger partial charge in [-0.1, -0.05) is 7.43 Å². The molecule has 0 unspecified atom stereocenters. The molecule has 0 saturated carbocycles. The maximum absolute atomic E-state index is 6.93. The zero-order valence-electron chi connectivity index (χ0n) is 5.52. The van der Waals surface area contributed by atoms with Gasteiger partial charge in [-0.25, -0.2) is 0 Å². The average molecular weight is 146 g/mol. The van der Waals surface area contributed by atoms with Crippen molar-refractivity contribution in [2.45, 2.75) is 13.8 Å². The van der Waals surface area contributed by atoms with Gasteiger partial charge in [0.05, 0.1) is 20.6 Å². The quantitative estimate of drug-likeness (QED) is 0.455. The second-order valence-electron chi connectivity index (χ2n) is 1.43. The lowest BCUT2D eigenvalue weighted by Crippen LogP contribution is -2.08. The molecule has 0 aliphatic rings. The Morgan fingerprint density at radius 1 is 1.10 bits per heavy atom. The van der Waals surface area contributed by atoms with Crippen molar-refractivity contribution in [3.63, 3.8) is 0 Å². The highest BCUT2D eigenvalue weighted by Gasteiger charge is 1.99. The normalized spacial score (nSPS) is 7.40. The molecule has 0 saturated heterocycles. The van der Waals surface area contributed by atoms with Crippen LogP contribution in [0.15, 0.2) is 0 Å². The highest BCUT2D eigenvalue weighted by molar-refractivity contribution is 5.93. The van der Waals surface area contributed by atoms with E-state index in [1.807, 2.05) is 0 Å². The van der Waals surface area contributed by atoms with Crippen LogP contribution in [0.4, 0.5) is 0 Å². The summed E-state index contributed by atoms with van der Waals surface area (Å²) in [4.78, 5) is 0. The summed E-state index contributed by atoms with van der Waals surface area (Å²) in [6, 6.07) is 0. The molecule has 2 N–H and O–H groups in total. The first-order chi connectivity index (χ1) is 4.20. The Kier molecular flexibility index (Phi) is 7.10. The smallest absolute Gasteiger partial charge is 0.189 e. The monoisotopic (exact) mass is 146 g/mol. The lowest BCUT2D eigenvalue weighted by molar-refractivity contribution is 0.368. The molecular weight excluding hydrogens is 132 g/mol. The van der Waals surface area contributed by atoms with E-state index in [1.165, 1.54) is 14.2 Å². The van der Waals surface area contributed by atoms with Crippen molar-refractivity contribution in [2.75, 3.05) is 14.2 Å². The summed E-state index contributed by atoms with van der Waals surface area (Å²) in [5.74, 6) is 0.0868. The average Bonchev–Trinajstić information content (AvgIpc) is 1.87. The third-order valence-corrected chi connectivity index (χ3v) is 0.814. The van der Waals surface area contributed by atoms with Gasteiger partial charge in [-0.15, -0.1) is 0 Å². The molecule has 0 aliphatic carbocycles. The summed E-state index contributed by atoms with van der Waals surface area (Å²) in [5.41, 5.74) is 0. The fourth-order valence-electron chi connectivity index (χ4n) is 0.290. The molecule has 0 bridgehead atoms. The molecule has 4 heteroatoms. The standard InChI is InChI=1S/C5H10N2O2.CH4/c1-8-4(6)3-5(7)9-2;/h6-7H,3H2,1-2H3;1H4.